The van der Waals surface area contributed by atoms with E-state index < -0.39 is 0 Å². The number of fused-ring (bicyclic) bond motifs is 9. The van der Waals surface area contributed by atoms with Crippen molar-refractivity contribution in [3.05, 3.63) is 207 Å². The fourth-order valence-electron chi connectivity index (χ4n) is 9.05. The molecule has 0 amide bonds. The molecule has 3 aliphatic rings. The molecule has 6 aromatic carbocycles. The molecule has 10 rings (SSSR count). The minimum atomic E-state index is -0.0483. The van der Waals surface area contributed by atoms with E-state index >= 15 is 0 Å². The highest BCUT2D eigenvalue weighted by Crippen LogP contribution is 2.53. The minimum Gasteiger partial charge on any atom is -0.309 e. The van der Waals surface area contributed by atoms with Crippen molar-refractivity contribution < 1.29 is 0 Å². The fraction of sp³-hybridized carbons (Fsp3) is 0.118. The van der Waals surface area contributed by atoms with Gasteiger partial charge in [-0.3, -0.25) is 4.99 Å². The lowest BCUT2D eigenvalue weighted by Gasteiger charge is -2.24. The van der Waals surface area contributed by atoms with Gasteiger partial charge in [-0.25, -0.2) is 9.98 Å². The van der Waals surface area contributed by atoms with Gasteiger partial charge in [0.15, 0.2) is 11.7 Å². The van der Waals surface area contributed by atoms with Gasteiger partial charge in [0.25, 0.3) is 0 Å². The summed E-state index contributed by atoms with van der Waals surface area (Å²) in [6, 6.07) is 51.9. The molecule has 1 heterocycles. The predicted octanol–water partition coefficient (Wildman–Crippen LogP) is 11.8. The molecule has 0 bridgehead atoms. The lowest BCUT2D eigenvalue weighted by Crippen LogP contribution is -2.16. The SMILES string of the molecule is C=NC(=NC(=NCc1ccccc1)c1ccc2c(c1)Cc1cc(-n3c4c(c5ccccc53)C=CCC3=C4c4ccccc4C3(C)C)ccc1-2)c1ccccc1. The molecule has 0 fully saturated rings. The van der Waals surface area contributed by atoms with Crippen molar-refractivity contribution in [2.75, 3.05) is 0 Å². The first kappa shape index (κ1) is 33.0. The van der Waals surface area contributed by atoms with Crippen LogP contribution in [0.3, 0.4) is 0 Å². The van der Waals surface area contributed by atoms with Crippen LogP contribution in [0.15, 0.2) is 172 Å². The number of benzene rings is 6. The Labute approximate surface area is 322 Å². The van der Waals surface area contributed by atoms with E-state index in [1.807, 2.05) is 48.5 Å². The molecule has 0 unspecified atom stereocenters. The van der Waals surface area contributed by atoms with Gasteiger partial charge in [0.1, 0.15) is 0 Å². The van der Waals surface area contributed by atoms with E-state index in [1.54, 1.807) is 0 Å². The van der Waals surface area contributed by atoms with Gasteiger partial charge in [0.05, 0.1) is 17.8 Å². The lowest BCUT2D eigenvalue weighted by atomic mass is 9.80. The highest BCUT2D eigenvalue weighted by molar-refractivity contribution is 6.13. The molecule has 0 N–H and O–H groups in total. The molecule has 0 atom stereocenters. The number of rotatable bonds is 5. The molecule has 55 heavy (non-hydrogen) atoms. The van der Waals surface area contributed by atoms with Crippen LogP contribution >= 0.6 is 0 Å². The van der Waals surface area contributed by atoms with Crippen LogP contribution in [-0.4, -0.2) is 23.0 Å². The summed E-state index contributed by atoms with van der Waals surface area (Å²) in [5.41, 5.74) is 18.7. The quantitative estimate of drug-likeness (QED) is 0.126. The minimum absolute atomic E-state index is 0.0483. The Hall–Kier alpha value is -6.65. The molecule has 0 saturated carbocycles. The molecule has 4 nitrogen and oxygen atoms in total. The van der Waals surface area contributed by atoms with Crippen LogP contribution in [0.25, 0.3) is 39.4 Å². The maximum absolute atomic E-state index is 5.06. The van der Waals surface area contributed by atoms with Crippen molar-refractivity contribution in [1.29, 1.82) is 0 Å². The van der Waals surface area contributed by atoms with Crippen LogP contribution in [-0.2, 0) is 18.4 Å². The monoisotopic (exact) mass is 708 g/mol. The van der Waals surface area contributed by atoms with Crippen molar-refractivity contribution in [2.24, 2.45) is 15.0 Å². The number of aromatic nitrogens is 1. The Kier molecular flexibility index (Phi) is 7.81. The summed E-state index contributed by atoms with van der Waals surface area (Å²) in [6.07, 6.45) is 6.51. The summed E-state index contributed by atoms with van der Waals surface area (Å²) in [6.45, 7) is 9.16. The first-order valence-electron chi connectivity index (χ1n) is 19.1. The smallest absolute Gasteiger partial charge is 0.161 e. The Morgan fingerprint density at radius 2 is 1.40 bits per heavy atom. The van der Waals surface area contributed by atoms with Crippen LogP contribution in [0.4, 0.5) is 0 Å². The van der Waals surface area contributed by atoms with Crippen LogP contribution in [0.1, 0.15) is 70.5 Å². The van der Waals surface area contributed by atoms with E-state index in [4.69, 9.17) is 9.98 Å². The second-order valence-corrected chi connectivity index (χ2v) is 15.2. The van der Waals surface area contributed by atoms with Gasteiger partial charge in [-0.2, -0.15) is 0 Å². The largest absolute Gasteiger partial charge is 0.309 e. The molecule has 4 heteroatoms. The van der Waals surface area contributed by atoms with Crippen molar-refractivity contribution in [3.8, 4) is 16.8 Å². The summed E-state index contributed by atoms with van der Waals surface area (Å²) in [5, 5.41) is 1.28. The summed E-state index contributed by atoms with van der Waals surface area (Å²) < 4.78 is 2.53. The average molecular weight is 709 g/mol. The number of hydrogen-bond donors (Lipinski definition) is 0. The summed E-state index contributed by atoms with van der Waals surface area (Å²) in [5.74, 6) is 1.20. The molecule has 0 aliphatic heterocycles. The highest BCUT2D eigenvalue weighted by atomic mass is 15.0. The van der Waals surface area contributed by atoms with Gasteiger partial charge >= 0.3 is 0 Å². The Morgan fingerprint density at radius 3 is 2.22 bits per heavy atom. The highest BCUT2D eigenvalue weighted by Gasteiger charge is 2.40. The van der Waals surface area contributed by atoms with E-state index in [1.165, 1.54) is 72.4 Å². The molecule has 3 aliphatic carbocycles. The maximum Gasteiger partial charge on any atom is 0.161 e. The van der Waals surface area contributed by atoms with E-state index in [0.717, 1.165) is 29.5 Å². The molecular formula is C51H40N4. The Bertz CT molecular complexity index is 2810. The normalized spacial score (nSPS) is 15.3. The maximum atomic E-state index is 5.06. The van der Waals surface area contributed by atoms with Crippen LogP contribution in [0.5, 0.6) is 0 Å². The Morgan fingerprint density at radius 1 is 0.691 bits per heavy atom. The standard InChI is InChI=1S/C51H40N4/c1-51(2)44-22-12-10-20-43(44)47-45(51)23-14-21-42-41-19-11-13-24-46(41)55(48(42)47)38-26-28-40-37(31-38)30-36-29-35(25-27-39(36)40)50(53-32-33-15-6-4-7-16-33)54-49(52-3)34-17-8-5-9-18-34/h4-22,24-29,31H,3,23,30,32H2,1-2H3. The first-order valence-corrected chi connectivity index (χ1v) is 19.1. The molecular weight excluding hydrogens is 669 g/mol. The van der Waals surface area contributed by atoms with Gasteiger partial charge < -0.3 is 4.57 Å². The molecule has 264 valence electrons. The van der Waals surface area contributed by atoms with Crippen molar-refractivity contribution >= 4 is 40.9 Å². The van der Waals surface area contributed by atoms with Crippen molar-refractivity contribution in [2.45, 2.75) is 38.6 Å². The third kappa shape index (κ3) is 5.40. The third-order valence-electron chi connectivity index (χ3n) is 11.7. The van der Waals surface area contributed by atoms with Gasteiger partial charge in [-0.15, -0.1) is 0 Å². The fourth-order valence-corrected chi connectivity index (χ4v) is 9.05. The summed E-state index contributed by atoms with van der Waals surface area (Å²) >= 11 is 0. The zero-order chi connectivity index (χ0) is 37.1. The molecule has 1 aromatic heterocycles. The average Bonchev–Trinajstić information content (AvgIpc) is 3.76. The van der Waals surface area contributed by atoms with Crippen molar-refractivity contribution in [1.82, 2.24) is 4.57 Å². The predicted molar refractivity (Wildman–Crippen MR) is 230 cm³/mol. The summed E-state index contributed by atoms with van der Waals surface area (Å²) in [7, 11) is 0. The number of para-hydroxylation sites is 1. The first-order chi connectivity index (χ1) is 27.0. The number of nitrogens with zero attached hydrogens (tertiary/aromatic N) is 4. The number of aliphatic imine (C=N–C) groups is 3. The van der Waals surface area contributed by atoms with Gasteiger partial charge in [-0.1, -0.05) is 147 Å². The number of amidine groups is 2. The third-order valence-corrected chi connectivity index (χ3v) is 11.7. The molecule has 0 saturated heterocycles. The van der Waals surface area contributed by atoms with E-state index in [0.29, 0.717) is 18.2 Å². The zero-order valence-corrected chi connectivity index (χ0v) is 31.1. The van der Waals surface area contributed by atoms with Crippen LogP contribution in [0.2, 0.25) is 0 Å². The molecule has 7 aromatic rings. The van der Waals surface area contributed by atoms with Gasteiger partial charge in [0, 0.05) is 38.8 Å². The topological polar surface area (TPSA) is 42.0 Å². The van der Waals surface area contributed by atoms with E-state index in [9.17, 15) is 0 Å². The van der Waals surface area contributed by atoms with E-state index in [-0.39, 0.29) is 5.41 Å². The van der Waals surface area contributed by atoms with Gasteiger partial charge in [-0.05, 0) is 88.3 Å². The Balaban J connectivity index is 1.08. The second-order valence-electron chi connectivity index (χ2n) is 15.2. The van der Waals surface area contributed by atoms with Crippen molar-refractivity contribution in [3.63, 3.8) is 0 Å². The molecule has 0 spiro atoms. The number of hydrogen-bond acceptors (Lipinski definition) is 1. The van der Waals surface area contributed by atoms with Crippen LogP contribution < -0.4 is 0 Å². The van der Waals surface area contributed by atoms with Crippen LogP contribution in [0, 0.1) is 0 Å². The van der Waals surface area contributed by atoms with E-state index in [2.05, 4.69) is 139 Å². The zero-order valence-electron chi connectivity index (χ0n) is 31.1. The lowest BCUT2D eigenvalue weighted by molar-refractivity contribution is 0.626. The van der Waals surface area contributed by atoms with Gasteiger partial charge in [0.2, 0.25) is 0 Å². The second kappa shape index (κ2) is 13.0. The summed E-state index contributed by atoms with van der Waals surface area (Å²) in [4.78, 5) is 14.4. The number of allylic oxidation sites excluding steroid dienone is 2. The molecule has 0 radical (unpaired) electrons.